The summed E-state index contributed by atoms with van der Waals surface area (Å²) >= 11 is 0. The van der Waals surface area contributed by atoms with Crippen molar-refractivity contribution in [1.82, 2.24) is 15.0 Å². The number of carbonyl (C=O) groups excluding carboxylic acids is 1. The van der Waals surface area contributed by atoms with Gasteiger partial charge in [-0.1, -0.05) is 0 Å². The number of pyridine rings is 1. The van der Waals surface area contributed by atoms with Crippen LogP contribution in [0.3, 0.4) is 0 Å². The smallest absolute Gasteiger partial charge is 0.337 e. The maximum Gasteiger partial charge on any atom is 0.337 e. The van der Waals surface area contributed by atoms with Crippen LogP contribution in [0.15, 0.2) is 48.7 Å². The first-order valence-electron chi connectivity index (χ1n) is 10.2. The normalized spacial score (nSPS) is 19.3. The third-order valence-corrected chi connectivity index (χ3v) is 6.21. The Morgan fingerprint density at radius 1 is 1.03 bits per heavy atom. The molecule has 2 aromatic heterocycles. The molecule has 0 aliphatic heterocycles. The van der Waals surface area contributed by atoms with E-state index in [1.165, 1.54) is 18.7 Å². The molecule has 0 radical (unpaired) electrons. The maximum absolute atomic E-state index is 13.8. The number of aromatic nitrogens is 3. The van der Waals surface area contributed by atoms with Crippen LogP contribution >= 0.6 is 0 Å². The molecule has 1 aliphatic rings. The Morgan fingerprint density at radius 2 is 1.83 bits per heavy atom. The van der Waals surface area contributed by atoms with Gasteiger partial charge in [-0.2, -0.15) is 0 Å². The molecule has 5 rings (SSSR count). The monoisotopic (exact) mass is 403 g/mol. The summed E-state index contributed by atoms with van der Waals surface area (Å²) in [6.45, 7) is 0. The van der Waals surface area contributed by atoms with E-state index >= 15 is 0 Å². The molecule has 0 bridgehead atoms. The van der Waals surface area contributed by atoms with E-state index in [1.54, 1.807) is 24.3 Å². The van der Waals surface area contributed by atoms with Crippen molar-refractivity contribution in [2.24, 2.45) is 0 Å². The summed E-state index contributed by atoms with van der Waals surface area (Å²) in [6, 6.07) is 12.2. The number of halogens is 1. The zero-order valence-electron chi connectivity index (χ0n) is 16.7. The lowest BCUT2D eigenvalue weighted by Gasteiger charge is -2.28. The quantitative estimate of drug-likeness (QED) is 0.460. The van der Waals surface area contributed by atoms with E-state index in [-0.39, 0.29) is 11.8 Å². The lowest BCUT2D eigenvalue weighted by molar-refractivity contribution is 0.0601. The predicted molar refractivity (Wildman–Crippen MR) is 113 cm³/mol. The largest absolute Gasteiger partial charge is 0.465 e. The van der Waals surface area contributed by atoms with Crippen LogP contribution in [-0.2, 0) is 4.74 Å². The van der Waals surface area contributed by atoms with Crippen LogP contribution in [0.1, 0.15) is 59.3 Å². The second-order valence-electron chi connectivity index (χ2n) is 7.96. The van der Waals surface area contributed by atoms with Crippen LogP contribution in [0, 0.1) is 5.82 Å². The number of esters is 1. The minimum atomic E-state index is -0.358. The molecule has 1 N–H and O–H groups in total. The molecule has 0 unspecified atom stereocenters. The van der Waals surface area contributed by atoms with Gasteiger partial charge in [0.25, 0.3) is 0 Å². The fourth-order valence-corrected chi connectivity index (χ4v) is 4.64. The number of carbonyl (C=O) groups is 1. The molecule has 0 spiro atoms. The SMILES string of the molecule is COC(=O)c1ccc2[nH]c([C@H]3CC[C@H](c4ccnc5ccc(F)cc54)CC3)nc2c1. The standard InChI is InChI=1S/C24H22FN3O2/c1-30-24(29)16-6-8-21-22(12-16)28-23(27-21)15-4-2-14(3-5-15)18-10-11-26-20-9-7-17(25)13-19(18)20/h6-15H,2-5H2,1H3,(H,27,28)/t14-,15-. The fourth-order valence-electron chi connectivity index (χ4n) is 4.64. The van der Waals surface area contributed by atoms with Crippen molar-refractivity contribution in [3.05, 3.63) is 71.4 Å². The molecular weight excluding hydrogens is 381 g/mol. The number of rotatable bonds is 3. The first-order chi connectivity index (χ1) is 14.6. The average molecular weight is 403 g/mol. The van der Waals surface area contributed by atoms with Gasteiger partial charge in [0.15, 0.2) is 0 Å². The Balaban J connectivity index is 1.36. The van der Waals surface area contributed by atoms with Gasteiger partial charge >= 0.3 is 5.97 Å². The number of H-pyrrole nitrogens is 1. The molecule has 4 aromatic rings. The highest BCUT2D eigenvalue weighted by atomic mass is 19.1. The van der Waals surface area contributed by atoms with Gasteiger partial charge in [-0.3, -0.25) is 4.98 Å². The van der Waals surface area contributed by atoms with E-state index in [0.29, 0.717) is 17.4 Å². The van der Waals surface area contributed by atoms with E-state index in [4.69, 9.17) is 9.72 Å². The van der Waals surface area contributed by atoms with Gasteiger partial charge in [0.1, 0.15) is 11.6 Å². The summed E-state index contributed by atoms with van der Waals surface area (Å²) in [7, 11) is 1.38. The third kappa shape index (κ3) is 3.32. The van der Waals surface area contributed by atoms with E-state index < -0.39 is 0 Å². The fraction of sp³-hybridized carbons (Fsp3) is 0.292. The highest BCUT2D eigenvalue weighted by molar-refractivity contribution is 5.93. The van der Waals surface area contributed by atoms with Gasteiger partial charge in [-0.25, -0.2) is 14.2 Å². The Labute approximate surface area is 173 Å². The Kier molecular flexibility index (Phi) is 4.69. The number of methoxy groups -OCH3 is 1. The molecule has 6 heteroatoms. The minimum absolute atomic E-state index is 0.223. The van der Waals surface area contributed by atoms with Crippen LogP contribution in [0.5, 0.6) is 0 Å². The summed E-state index contributed by atoms with van der Waals surface area (Å²) in [5.74, 6) is 1.13. The summed E-state index contributed by atoms with van der Waals surface area (Å²) in [5.41, 5.74) is 4.24. The number of nitrogens with zero attached hydrogens (tertiary/aromatic N) is 2. The van der Waals surface area contributed by atoms with Gasteiger partial charge in [-0.05, 0) is 79.6 Å². The number of aromatic amines is 1. The topological polar surface area (TPSA) is 67.9 Å². The van der Waals surface area contributed by atoms with Gasteiger partial charge in [0.05, 0.1) is 29.2 Å². The van der Waals surface area contributed by atoms with E-state index in [0.717, 1.165) is 53.4 Å². The minimum Gasteiger partial charge on any atom is -0.465 e. The molecule has 0 amide bonds. The number of hydrogen-bond acceptors (Lipinski definition) is 4. The molecule has 152 valence electrons. The average Bonchev–Trinajstić information content (AvgIpc) is 3.21. The Bertz CT molecular complexity index is 1240. The molecule has 0 atom stereocenters. The van der Waals surface area contributed by atoms with E-state index in [2.05, 4.69) is 9.97 Å². The van der Waals surface area contributed by atoms with Crippen LogP contribution in [0.25, 0.3) is 21.9 Å². The molecule has 30 heavy (non-hydrogen) atoms. The number of benzene rings is 2. The number of hydrogen-bond donors (Lipinski definition) is 1. The number of fused-ring (bicyclic) bond motifs is 2. The van der Waals surface area contributed by atoms with Gasteiger partial charge in [-0.15, -0.1) is 0 Å². The van der Waals surface area contributed by atoms with Crippen molar-refractivity contribution in [1.29, 1.82) is 0 Å². The molecule has 1 fully saturated rings. The number of imidazole rings is 1. The van der Waals surface area contributed by atoms with Crippen LogP contribution in [0.4, 0.5) is 4.39 Å². The lowest BCUT2D eigenvalue weighted by atomic mass is 9.77. The summed E-state index contributed by atoms with van der Waals surface area (Å²) in [6.07, 6.45) is 5.87. The summed E-state index contributed by atoms with van der Waals surface area (Å²) < 4.78 is 18.6. The zero-order valence-corrected chi connectivity index (χ0v) is 16.7. The maximum atomic E-state index is 13.8. The second kappa shape index (κ2) is 7.52. The Hall–Kier alpha value is -3.28. The van der Waals surface area contributed by atoms with Crippen LogP contribution in [-0.4, -0.2) is 28.0 Å². The van der Waals surface area contributed by atoms with Crippen LogP contribution < -0.4 is 0 Å². The first kappa shape index (κ1) is 18.7. The van der Waals surface area contributed by atoms with Gasteiger partial charge < -0.3 is 9.72 Å². The third-order valence-electron chi connectivity index (χ3n) is 6.21. The van der Waals surface area contributed by atoms with Crippen molar-refractivity contribution >= 4 is 27.9 Å². The Morgan fingerprint density at radius 3 is 2.63 bits per heavy atom. The van der Waals surface area contributed by atoms with Gasteiger partial charge in [0, 0.05) is 17.5 Å². The van der Waals surface area contributed by atoms with Crippen molar-refractivity contribution in [2.75, 3.05) is 7.11 Å². The summed E-state index contributed by atoms with van der Waals surface area (Å²) in [5, 5.41) is 0.917. The molecule has 1 saturated carbocycles. The highest BCUT2D eigenvalue weighted by Gasteiger charge is 2.26. The van der Waals surface area contributed by atoms with E-state index in [9.17, 15) is 9.18 Å². The molecule has 0 saturated heterocycles. The van der Waals surface area contributed by atoms with E-state index in [1.807, 2.05) is 18.3 Å². The molecule has 1 aliphatic carbocycles. The molecule has 2 heterocycles. The predicted octanol–water partition coefficient (Wildman–Crippen LogP) is 5.48. The number of nitrogens with one attached hydrogen (secondary N) is 1. The number of ether oxygens (including phenoxy) is 1. The summed E-state index contributed by atoms with van der Waals surface area (Å²) in [4.78, 5) is 24.3. The van der Waals surface area contributed by atoms with Crippen molar-refractivity contribution in [2.45, 2.75) is 37.5 Å². The van der Waals surface area contributed by atoms with Crippen LogP contribution in [0.2, 0.25) is 0 Å². The molecule has 2 aromatic carbocycles. The van der Waals surface area contributed by atoms with Crippen molar-refractivity contribution < 1.29 is 13.9 Å². The molecule has 5 nitrogen and oxygen atoms in total. The van der Waals surface area contributed by atoms with Gasteiger partial charge in [0.2, 0.25) is 0 Å². The van der Waals surface area contributed by atoms with Crippen molar-refractivity contribution in [3.8, 4) is 0 Å². The lowest BCUT2D eigenvalue weighted by Crippen LogP contribution is -2.13. The first-order valence-corrected chi connectivity index (χ1v) is 10.2. The zero-order chi connectivity index (χ0) is 20.7. The second-order valence-corrected chi connectivity index (χ2v) is 7.96. The van der Waals surface area contributed by atoms with Crippen molar-refractivity contribution in [3.63, 3.8) is 0 Å². The molecular formula is C24H22FN3O2. The highest BCUT2D eigenvalue weighted by Crippen LogP contribution is 2.41.